The monoisotopic (exact) mass is 272 g/mol. The Labute approximate surface area is 94.7 Å². The van der Waals surface area contributed by atoms with E-state index in [9.17, 15) is 16.8 Å². The van der Waals surface area contributed by atoms with Crippen LogP contribution < -0.4 is 0 Å². The van der Waals surface area contributed by atoms with Crippen LogP contribution in [-0.2, 0) is 18.9 Å². The second kappa shape index (κ2) is 4.43. The third kappa shape index (κ3) is 3.77. The highest BCUT2D eigenvalue weighted by molar-refractivity contribution is 8.13. The third-order valence-corrected chi connectivity index (χ3v) is 5.73. The van der Waals surface area contributed by atoms with Crippen molar-refractivity contribution in [3.8, 4) is 0 Å². The number of halogens is 1. The van der Waals surface area contributed by atoms with Gasteiger partial charge in [-0.15, -0.1) is 0 Å². The Hall–Kier alpha value is -0.0700. The molecule has 0 saturated carbocycles. The summed E-state index contributed by atoms with van der Waals surface area (Å²) in [5, 5.41) is -0.736. The van der Waals surface area contributed by atoms with Gasteiger partial charge in [-0.25, -0.2) is 16.8 Å². The van der Waals surface area contributed by atoms with E-state index in [1.165, 1.54) is 0 Å². The standard InChI is InChI=1S/C8H13ClO4S2/c1-7(6-15(9,12)13)8-4-2-3-5-14(8,10)11/h8H,1-6H2. The summed E-state index contributed by atoms with van der Waals surface area (Å²) < 4.78 is 44.8. The van der Waals surface area contributed by atoms with Crippen LogP contribution in [0.2, 0.25) is 0 Å². The maximum atomic E-state index is 11.6. The summed E-state index contributed by atoms with van der Waals surface area (Å²) in [5.74, 6) is -0.350. The number of hydrogen-bond donors (Lipinski definition) is 0. The van der Waals surface area contributed by atoms with E-state index in [1.54, 1.807) is 0 Å². The molecule has 1 aliphatic rings. The summed E-state index contributed by atoms with van der Waals surface area (Å²) in [6.45, 7) is 3.52. The lowest BCUT2D eigenvalue weighted by molar-refractivity contribution is 0.554. The molecule has 0 aromatic rings. The lowest BCUT2D eigenvalue weighted by Crippen LogP contribution is -2.31. The molecule has 0 aromatic heterocycles. The van der Waals surface area contributed by atoms with Crippen LogP contribution in [0.4, 0.5) is 0 Å². The van der Waals surface area contributed by atoms with Crippen LogP contribution in [0.15, 0.2) is 12.2 Å². The fraction of sp³-hybridized carbons (Fsp3) is 0.750. The molecule has 1 saturated heterocycles. The zero-order valence-electron chi connectivity index (χ0n) is 8.15. The molecule has 0 spiro atoms. The fourth-order valence-electron chi connectivity index (χ4n) is 1.73. The van der Waals surface area contributed by atoms with E-state index in [0.717, 1.165) is 6.42 Å². The van der Waals surface area contributed by atoms with Gasteiger partial charge in [0, 0.05) is 10.7 Å². The molecule has 1 aliphatic heterocycles. The quantitative estimate of drug-likeness (QED) is 0.569. The van der Waals surface area contributed by atoms with E-state index in [0.29, 0.717) is 12.8 Å². The Balaban J connectivity index is 2.83. The first-order valence-electron chi connectivity index (χ1n) is 4.54. The lowest BCUT2D eigenvalue weighted by atomic mass is 10.1. The van der Waals surface area contributed by atoms with E-state index in [1.807, 2.05) is 0 Å². The van der Waals surface area contributed by atoms with Crippen molar-refractivity contribution in [3.05, 3.63) is 12.2 Å². The predicted molar refractivity (Wildman–Crippen MR) is 60.2 cm³/mol. The van der Waals surface area contributed by atoms with Gasteiger partial charge < -0.3 is 0 Å². The molecule has 1 heterocycles. The van der Waals surface area contributed by atoms with E-state index in [-0.39, 0.29) is 11.3 Å². The van der Waals surface area contributed by atoms with Gasteiger partial charge in [0.1, 0.15) is 0 Å². The zero-order chi connectivity index (χ0) is 11.7. The highest BCUT2D eigenvalue weighted by Crippen LogP contribution is 2.25. The maximum Gasteiger partial charge on any atom is 0.236 e. The summed E-state index contributed by atoms with van der Waals surface area (Å²) >= 11 is 0. The Bertz CT molecular complexity index is 449. The zero-order valence-corrected chi connectivity index (χ0v) is 10.5. The molecule has 0 aromatic carbocycles. The molecular formula is C8H13ClO4S2. The first kappa shape index (κ1) is 13.0. The molecule has 0 N–H and O–H groups in total. The van der Waals surface area contributed by atoms with Crippen molar-refractivity contribution in [2.24, 2.45) is 0 Å². The second-order valence-corrected chi connectivity index (χ2v) is 8.77. The minimum absolute atomic E-state index is 0.110. The SMILES string of the molecule is C=C(CS(=O)(=O)Cl)C1CCCCS1(=O)=O. The largest absolute Gasteiger partial charge is 0.236 e. The van der Waals surface area contributed by atoms with Crippen molar-refractivity contribution in [1.82, 2.24) is 0 Å². The Morgan fingerprint density at radius 3 is 2.47 bits per heavy atom. The summed E-state index contributed by atoms with van der Waals surface area (Å²) in [5.41, 5.74) is 0.185. The van der Waals surface area contributed by atoms with Gasteiger partial charge in [-0.3, -0.25) is 0 Å². The topological polar surface area (TPSA) is 68.3 Å². The van der Waals surface area contributed by atoms with Crippen molar-refractivity contribution in [1.29, 1.82) is 0 Å². The Kier molecular flexibility index (Phi) is 3.84. The van der Waals surface area contributed by atoms with Crippen LogP contribution >= 0.6 is 10.7 Å². The van der Waals surface area contributed by atoms with Crippen LogP contribution in [0.1, 0.15) is 19.3 Å². The molecule has 0 amide bonds. The molecular weight excluding hydrogens is 260 g/mol. The first-order valence-corrected chi connectivity index (χ1v) is 8.73. The van der Waals surface area contributed by atoms with Crippen LogP contribution in [0.25, 0.3) is 0 Å². The van der Waals surface area contributed by atoms with Gasteiger partial charge in [0.05, 0.1) is 16.8 Å². The average molecular weight is 273 g/mol. The van der Waals surface area contributed by atoms with Crippen LogP contribution in [-0.4, -0.2) is 33.6 Å². The highest BCUT2D eigenvalue weighted by Gasteiger charge is 2.32. The van der Waals surface area contributed by atoms with E-state index in [2.05, 4.69) is 6.58 Å². The number of hydrogen-bond acceptors (Lipinski definition) is 4. The van der Waals surface area contributed by atoms with Crippen LogP contribution in [0.5, 0.6) is 0 Å². The van der Waals surface area contributed by atoms with Crippen LogP contribution in [0.3, 0.4) is 0 Å². The van der Waals surface area contributed by atoms with Gasteiger partial charge in [-0.1, -0.05) is 13.0 Å². The summed E-state index contributed by atoms with van der Waals surface area (Å²) in [7, 11) is -1.88. The van der Waals surface area contributed by atoms with E-state index < -0.39 is 29.9 Å². The summed E-state index contributed by atoms with van der Waals surface area (Å²) in [6, 6.07) is 0. The van der Waals surface area contributed by atoms with Crippen LogP contribution in [0, 0.1) is 0 Å². The van der Waals surface area contributed by atoms with Gasteiger partial charge in [0.2, 0.25) is 9.05 Å². The Morgan fingerprint density at radius 2 is 2.00 bits per heavy atom. The highest BCUT2D eigenvalue weighted by atomic mass is 35.7. The molecule has 1 rings (SSSR count). The fourth-order valence-corrected chi connectivity index (χ4v) is 4.91. The molecule has 88 valence electrons. The average Bonchev–Trinajstić information content (AvgIpc) is 1.99. The normalized spacial score (nSPS) is 26.1. The molecule has 1 atom stereocenters. The maximum absolute atomic E-state index is 11.6. The third-order valence-electron chi connectivity index (χ3n) is 2.39. The van der Waals surface area contributed by atoms with Gasteiger partial charge in [0.25, 0.3) is 0 Å². The van der Waals surface area contributed by atoms with E-state index >= 15 is 0 Å². The van der Waals surface area contributed by atoms with Gasteiger partial charge in [-0.2, -0.15) is 0 Å². The molecule has 1 unspecified atom stereocenters. The second-order valence-electron chi connectivity index (χ2n) is 3.69. The van der Waals surface area contributed by atoms with Crippen molar-refractivity contribution in [2.45, 2.75) is 24.5 Å². The lowest BCUT2D eigenvalue weighted by Gasteiger charge is -2.23. The molecule has 15 heavy (non-hydrogen) atoms. The minimum atomic E-state index is -3.71. The summed E-state index contributed by atoms with van der Waals surface area (Å²) in [6.07, 6.45) is 1.87. The molecule has 0 aliphatic carbocycles. The smallest absolute Gasteiger partial charge is 0.228 e. The molecule has 0 radical (unpaired) electrons. The molecule has 4 nitrogen and oxygen atoms in total. The van der Waals surface area contributed by atoms with Gasteiger partial charge in [0.15, 0.2) is 9.84 Å². The van der Waals surface area contributed by atoms with Crippen molar-refractivity contribution < 1.29 is 16.8 Å². The van der Waals surface area contributed by atoms with Crippen molar-refractivity contribution >= 4 is 29.6 Å². The molecule has 7 heteroatoms. The van der Waals surface area contributed by atoms with Gasteiger partial charge in [-0.05, 0) is 18.4 Å². The predicted octanol–water partition coefficient (Wildman–Crippen LogP) is 1.08. The Morgan fingerprint density at radius 1 is 1.40 bits per heavy atom. The minimum Gasteiger partial charge on any atom is -0.228 e. The van der Waals surface area contributed by atoms with E-state index in [4.69, 9.17) is 10.7 Å². The number of sulfone groups is 1. The molecule has 1 fully saturated rings. The van der Waals surface area contributed by atoms with Gasteiger partial charge >= 0.3 is 0 Å². The summed E-state index contributed by atoms with van der Waals surface area (Å²) in [4.78, 5) is 0. The van der Waals surface area contributed by atoms with Crippen molar-refractivity contribution in [2.75, 3.05) is 11.5 Å². The number of rotatable bonds is 3. The van der Waals surface area contributed by atoms with Crippen molar-refractivity contribution in [3.63, 3.8) is 0 Å². The molecule has 0 bridgehead atoms. The first-order chi connectivity index (χ1) is 6.72.